The minimum Gasteiger partial charge on any atom is -0.497 e. The van der Waals surface area contributed by atoms with Crippen LogP contribution in [0.25, 0.3) is 6.08 Å². The van der Waals surface area contributed by atoms with E-state index >= 15 is 0 Å². The number of benzene rings is 2. The Hall–Kier alpha value is -2.58. The summed E-state index contributed by atoms with van der Waals surface area (Å²) >= 11 is 4.62. The predicted molar refractivity (Wildman–Crippen MR) is 109 cm³/mol. The molecule has 3 rings (SSSR count). The summed E-state index contributed by atoms with van der Waals surface area (Å²) < 4.78 is 10.8. The highest BCUT2D eigenvalue weighted by molar-refractivity contribution is 9.10. The molecule has 1 aliphatic rings. The molecule has 2 aromatic carbocycles. The molecule has 1 aliphatic heterocycles. The molecule has 0 spiro atoms. The quantitative estimate of drug-likeness (QED) is 0.430. The lowest BCUT2D eigenvalue weighted by Crippen LogP contribution is -2.19. The SMILES string of the molecule is COc1ccc(N=C2NC(=O)/C(=C/c3ccc(OC(C)=O)c(Br)c3)S2)cc1. The molecule has 0 unspecified atom stereocenters. The Morgan fingerprint density at radius 2 is 1.96 bits per heavy atom. The third kappa shape index (κ3) is 4.99. The van der Waals surface area contributed by atoms with E-state index in [-0.39, 0.29) is 5.91 Å². The second kappa shape index (κ2) is 8.41. The van der Waals surface area contributed by atoms with Crippen molar-refractivity contribution in [3.05, 3.63) is 57.4 Å². The Balaban J connectivity index is 1.77. The van der Waals surface area contributed by atoms with E-state index in [1.165, 1.54) is 18.7 Å². The molecule has 1 saturated heterocycles. The summed E-state index contributed by atoms with van der Waals surface area (Å²) in [6.45, 7) is 1.34. The molecule has 1 heterocycles. The molecule has 0 atom stereocenters. The van der Waals surface area contributed by atoms with Gasteiger partial charge in [0.15, 0.2) is 5.17 Å². The number of methoxy groups -OCH3 is 1. The highest BCUT2D eigenvalue weighted by Crippen LogP contribution is 2.31. The zero-order valence-electron chi connectivity index (χ0n) is 14.5. The van der Waals surface area contributed by atoms with Gasteiger partial charge >= 0.3 is 5.97 Å². The molecule has 6 nitrogen and oxygen atoms in total. The van der Waals surface area contributed by atoms with Gasteiger partial charge < -0.3 is 14.8 Å². The maximum Gasteiger partial charge on any atom is 0.308 e. The molecular formula is C19H15BrN2O4S. The van der Waals surface area contributed by atoms with E-state index < -0.39 is 5.97 Å². The minimum atomic E-state index is -0.396. The highest BCUT2D eigenvalue weighted by Gasteiger charge is 2.23. The Labute approximate surface area is 168 Å². The van der Waals surface area contributed by atoms with Crippen LogP contribution >= 0.6 is 27.7 Å². The van der Waals surface area contributed by atoms with E-state index in [4.69, 9.17) is 9.47 Å². The summed E-state index contributed by atoms with van der Waals surface area (Å²) in [7, 11) is 1.60. The Morgan fingerprint density at radius 3 is 2.59 bits per heavy atom. The molecule has 0 aromatic heterocycles. The highest BCUT2D eigenvalue weighted by atomic mass is 79.9. The monoisotopic (exact) mass is 446 g/mol. The first kappa shape index (κ1) is 19.2. The molecule has 8 heteroatoms. The predicted octanol–water partition coefficient (Wildman–Crippen LogP) is 4.27. The summed E-state index contributed by atoms with van der Waals surface area (Å²) in [5.41, 5.74) is 1.51. The van der Waals surface area contributed by atoms with Crippen LogP contribution in [0.2, 0.25) is 0 Å². The average Bonchev–Trinajstić information content (AvgIpc) is 2.97. The summed E-state index contributed by atoms with van der Waals surface area (Å²) in [6.07, 6.45) is 1.75. The number of hydrogen-bond acceptors (Lipinski definition) is 6. The fraction of sp³-hybridized carbons (Fsp3) is 0.105. The van der Waals surface area contributed by atoms with Crippen LogP contribution in [0.3, 0.4) is 0 Å². The smallest absolute Gasteiger partial charge is 0.308 e. The van der Waals surface area contributed by atoms with Crippen molar-refractivity contribution in [2.45, 2.75) is 6.92 Å². The van der Waals surface area contributed by atoms with Crippen molar-refractivity contribution >= 4 is 56.5 Å². The number of esters is 1. The second-order valence-corrected chi connectivity index (χ2v) is 7.35. The molecule has 27 heavy (non-hydrogen) atoms. The van der Waals surface area contributed by atoms with Gasteiger partial charge in [-0.05, 0) is 75.7 Å². The van der Waals surface area contributed by atoms with E-state index in [9.17, 15) is 9.59 Å². The lowest BCUT2D eigenvalue weighted by Gasteiger charge is -2.04. The Kier molecular flexibility index (Phi) is 5.98. The average molecular weight is 447 g/mol. The van der Waals surface area contributed by atoms with Gasteiger partial charge in [0, 0.05) is 6.92 Å². The number of aliphatic imine (C=N–C) groups is 1. The van der Waals surface area contributed by atoms with Gasteiger partial charge in [0.2, 0.25) is 0 Å². The molecule has 1 fully saturated rings. The minimum absolute atomic E-state index is 0.215. The summed E-state index contributed by atoms with van der Waals surface area (Å²) in [4.78, 5) is 28.2. The van der Waals surface area contributed by atoms with Crippen molar-refractivity contribution in [3.8, 4) is 11.5 Å². The zero-order valence-corrected chi connectivity index (χ0v) is 16.9. The fourth-order valence-corrected chi connectivity index (χ4v) is 3.57. The van der Waals surface area contributed by atoms with Crippen LogP contribution < -0.4 is 14.8 Å². The van der Waals surface area contributed by atoms with Crippen molar-refractivity contribution in [1.82, 2.24) is 5.32 Å². The first-order chi connectivity index (χ1) is 12.9. The van der Waals surface area contributed by atoms with E-state index in [2.05, 4.69) is 26.2 Å². The Bertz CT molecular complexity index is 955. The van der Waals surface area contributed by atoms with E-state index in [0.29, 0.717) is 26.0 Å². The maximum atomic E-state index is 12.2. The van der Waals surface area contributed by atoms with Crippen molar-refractivity contribution < 1.29 is 19.1 Å². The maximum absolute atomic E-state index is 12.2. The number of amides is 1. The topological polar surface area (TPSA) is 77.0 Å². The van der Waals surface area contributed by atoms with Gasteiger partial charge in [0.25, 0.3) is 5.91 Å². The Morgan fingerprint density at radius 1 is 1.22 bits per heavy atom. The summed E-state index contributed by atoms with van der Waals surface area (Å²) in [6, 6.07) is 12.4. The molecule has 2 aromatic rings. The van der Waals surface area contributed by atoms with Gasteiger partial charge in [0.05, 0.1) is 22.2 Å². The standard InChI is InChI=1S/C19H15BrN2O4S/c1-11(23)26-16-8-3-12(9-15(16)20)10-17-18(24)22-19(27-17)21-13-4-6-14(25-2)7-5-13/h3-10H,1-2H3,(H,21,22,24)/b17-10-. The third-order valence-electron chi connectivity index (χ3n) is 3.46. The number of ether oxygens (including phenoxy) is 2. The van der Waals surface area contributed by atoms with E-state index in [1.807, 2.05) is 12.1 Å². The van der Waals surface area contributed by atoms with Crippen LogP contribution in [0, 0.1) is 0 Å². The van der Waals surface area contributed by atoms with Crippen LogP contribution in [0.15, 0.2) is 56.8 Å². The van der Waals surface area contributed by atoms with Gasteiger partial charge in [-0.3, -0.25) is 9.59 Å². The van der Waals surface area contributed by atoms with Crippen molar-refractivity contribution in [1.29, 1.82) is 0 Å². The number of halogens is 1. The van der Waals surface area contributed by atoms with Crippen LogP contribution in [0.1, 0.15) is 12.5 Å². The number of amidine groups is 1. The first-order valence-electron chi connectivity index (χ1n) is 7.86. The van der Waals surface area contributed by atoms with Crippen molar-refractivity contribution in [3.63, 3.8) is 0 Å². The number of nitrogens with one attached hydrogen (secondary N) is 1. The number of carbonyl (C=O) groups is 2. The van der Waals surface area contributed by atoms with Crippen LogP contribution in [0.4, 0.5) is 5.69 Å². The molecule has 1 amide bonds. The van der Waals surface area contributed by atoms with Crippen LogP contribution in [-0.2, 0) is 9.59 Å². The lowest BCUT2D eigenvalue weighted by molar-refractivity contribution is -0.131. The van der Waals surface area contributed by atoms with Crippen LogP contribution in [0.5, 0.6) is 11.5 Å². The third-order valence-corrected chi connectivity index (χ3v) is 4.99. The van der Waals surface area contributed by atoms with Crippen LogP contribution in [-0.4, -0.2) is 24.2 Å². The molecule has 1 N–H and O–H groups in total. The fourth-order valence-electron chi connectivity index (χ4n) is 2.25. The van der Waals surface area contributed by atoms with E-state index in [1.54, 1.807) is 43.5 Å². The molecule has 0 radical (unpaired) electrons. The number of hydrogen-bond donors (Lipinski definition) is 1. The molecular weight excluding hydrogens is 432 g/mol. The lowest BCUT2D eigenvalue weighted by atomic mass is 10.2. The number of thioether (sulfide) groups is 1. The molecule has 138 valence electrons. The van der Waals surface area contributed by atoms with Gasteiger partial charge in [-0.2, -0.15) is 0 Å². The second-order valence-electron chi connectivity index (χ2n) is 5.46. The van der Waals surface area contributed by atoms with Gasteiger partial charge in [-0.1, -0.05) is 6.07 Å². The number of nitrogens with zero attached hydrogens (tertiary/aromatic N) is 1. The first-order valence-corrected chi connectivity index (χ1v) is 9.47. The number of carbonyl (C=O) groups excluding carboxylic acids is 2. The largest absolute Gasteiger partial charge is 0.497 e. The van der Waals surface area contributed by atoms with Gasteiger partial charge in [-0.15, -0.1) is 0 Å². The normalized spacial score (nSPS) is 16.5. The van der Waals surface area contributed by atoms with Crippen molar-refractivity contribution in [2.75, 3.05) is 7.11 Å². The van der Waals surface area contributed by atoms with E-state index in [0.717, 1.165) is 11.3 Å². The zero-order chi connectivity index (χ0) is 19.4. The summed E-state index contributed by atoms with van der Waals surface area (Å²) in [5.74, 6) is 0.555. The summed E-state index contributed by atoms with van der Waals surface area (Å²) in [5, 5.41) is 3.25. The molecule has 0 bridgehead atoms. The van der Waals surface area contributed by atoms with Gasteiger partial charge in [-0.25, -0.2) is 4.99 Å². The molecule has 0 saturated carbocycles. The van der Waals surface area contributed by atoms with Gasteiger partial charge in [0.1, 0.15) is 11.5 Å². The molecule has 0 aliphatic carbocycles. The van der Waals surface area contributed by atoms with Crippen molar-refractivity contribution in [2.24, 2.45) is 4.99 Å². The number of rotatable bonds is 4.